The van der Waals surface area contributed by atoms with Crippen LogP contribution in [0.3, 0.4) is 0 Å². The summed E-state index contributed by atoms with van der Waals surface area (Å²) in [4.78, 5) is 2.09. The predicted molar refractivity (Wildman–Crippen MR) is 213 cm³/mol. The highest BCUT2D eigenvalue weighted by atomic mass is 32.1. The van der Waals surface area contributed by atoms with Crippen LogP contribution < -0.4 is 16.0 Å². The highest BCUT2D eigenvalue weighted by molar-refractivity contribution is 7.26. The van der Waals surface area contributed by atoms with Gasteiger partial charge in [0.05, 0.1) is 11.6 Å². The summed E-state index contributed by atoms with van der Waals surface area (Å²) in [6.45, 7) is 6.52. The van der Waals surface area contributed by atoms with Gasteiger partial charge in [-0.05, 0) is 96.8 Å². The quantitative estimate of drug-likeness (QED) is 0.126. The second-order valence-corrected chi connectivity index (χ2v) is 12.8. The van der Waals surface area contributed by atoms with E-state index in [2.05, 4.69) is 114 Å². The van der Waals surface area contributed by atoms with Gasteiger partial charge < -0.3 is 16.0 Å². The average Bonchev–Trinajstić information content (AvgIpc) is 3.53. The lowest BCUT2D eigenvalue weighted by Crippen LogP contribution is -2.09. The largest absolute Gasteiger partial charge is 0.399 e. The first-order valence-electron chi connectivity index (χ1n) is 16.2. The number of hydrogen-bond donors (Lipinski definition) is 2. The first kappa shape index (κ1) is 32.8. The molecule has 5 heteroatoms. The monoisotopic (exact) mass is 654 g/mol. The van der Waals surface area contributed by atoms with E-state index >= 15 is 0 Å². The van der Waals surface area contributed by atoms with Crippen LogP contribution in [0.5, 0.6) is 0 Å². The van der Waals surface area contributed by atoms with Crippen molar-refractivity contribution in [2.45, 2.75) is 13.3 Å². The number of anilines is 5. The Kier molecular flexibility index (Phi) is 10.2. The van der Waals surface area contributed by atoms with Crippen molar-refractivity contribution in [1.29, 1.82) is 5.26 Å². The number of nitrogens with one attached hydrogen (secondary N) is 1. The van der Waals surface area contributed by atoms with Gasteiger partial charge in [-0.1, -0.05) is 91.5 Å². The van der Waals surface area contributed by atoms with E-state index in [1.165, 1.54) is 31.3 Å². The average molecular weight is 655 g/mol. The van der Waals surface area contributed by atoms with Crippen molar-refractivity contribution >= 4 is 65.5 Å². The third kappa shape index (κ3) is 7.57. The highest BCUT2D eigenvalue weighted by Crippen LogP contribution is 2.41. The summed E-state index contributed by atoms with van der Waals surface area (Å²) < 4.78 is 2.61. The molecule has 0 aliphatic heterocycles. The van der Waals surface area contributed by atoms with Crippen molar-refractivity contribution in [3.05, 3.63) is 169 Å². The Balaban J connectivity index is 0.000000531. The Morgan fingerprint density at radius 1 is 0.816 bits per heavy atom. The zero-order valence-corrected chi connectivity index (χ0v) is 28.5. The van der Waals surface area contributed by atoms with Crippen molar-refractivity contribution in [1.82, 2.24) is 0 Å². The van der Waals surface area contributed by atoms with Crippen molar-refractivity contribution in [2.24, 2.45) is 0 Å². The molecule has 3 N–H and O–H groups in total. The van der Waals surface area contributed by atoms with Crippen LogP contribution >= 0.6 is 11.3 Å². The summed E-state index contributed by atoms with van der Waals surface area (Å²) in [5.74, 6) is 0. The van der Waals surface area contributed by atoms with Gasteiger partial charge in [-0.25, -0.2) is 0 Å². The van der Waals surface area contributed by atoms with Gasteiger partial charge in [0.2, 0.25) is 0 Å². The summed E-state index contributed by atoms with van der Waals surface area (Å²) in [5, 5.41) is 15.6. The molecule has 0 unspecified atom stereocenters. The number of hydrogen-bond acceptors (Lipinski definition) is 5. The number of para-hydroxylation sites is 1. The van der Waals surface area contributed by atoms with Gasteiger partial charge in [0.15, 0.2) is 0 Å². The molecule has 0 atom stereocenters. The molecule has 240 valence electrons. The molecule has 0 fully saturated rings. The van der Waals surface area contributed by atoms with E-state index in [4.69, 9.17) is 5.73 Å². The maximum Gasteiger partial charge on any atom is 0.0992 e. The van der Waals surface area contributed by atoms with Crippen LogP contribution in [-0.2, 0) is 0 Å². The minimum Gasteiger partial charge on any atom is -0.399 e. The number of rotatable bonds is 8. The maximum absolute atomic E-state index is 9.34. The van der Waals surface area contributed by atoms with Crippen LogP contribution in [0.4, 0.5) is 28.4 Å². The molecule has 4 nitrogen and oxygen atoms in total. The fourth-order valence-electron chi connectivity index (χ4n) is 5.79. The zero-order valence-electron chi connectivity index (χ0n) is 27.7. The van der Waals surface area contributed by atoms with Crippen molar-refractivity contribution < 1.29 is 0 Å². The van der Waals surface area contributed by atoms with Gasteiger partial charge in [-0.3, -0.25) is 0 Å². The van der Waals surface area contributed by atoms with E-state index in [-0.39, 0.29) is 0 Å². The van der Waals surface area contributed by atoms with E-state index in [0.717, 1.165) is 46.0 Å². The van der Waals surface area contributed by atoms with Crippen LogP contribution in [0.1, 0.15) is 24.5 Å². The summed E-state index contributed by atoms with van der Waals surface area (Å²) in [6, 6.07) is 49.6. The second kappa shape index (κ2) is 15.2. The molecule has 49 heavy (non-hydrogen) atoms. The second-order valence-electron chi connectivity index (χ2n) is 11.7. The number of allylic oxidation sites excluding steroid dienone is 3. The molecule has 1 aromatic heterocycles. The molecular weight excluding hydrogens is 617 g/mol. The number of nitriles is 1. The number of nitrogen functional groups attached to an aromatic ring is 1. The number of nitrogens with zero attached hydrogens (tertiary/aromatic N) is 2. The Labute approximate surface area is 292 Å². The molecule has 0 saturated carbocycles. The van der Waals surface area contributed by atoms with E-state index in [1.54, 1.807) is 0 Å². The Morgan fingerprint density at radius 2 is 1.53 bits per heavy atom. The summed E-state index contributed by atoms with van der Waals surface area (Å²) in [5.41, 5.74) is 15.4. The molecule has 7 aromatic rings. The maximum atomic E-state index is 9.34. The molecule has 0 bridgehead atoms. The Bertz CT molecular complexity index is 2310. The third-order valence-corrected chi connectivity index (χ3v) is 9.61. The van der Waals surface area contributed by atoms with Gasteiger partial charge in [0.25, 0.3) is 0 Å². The SMILES string of the molecule is C=C(C/C=C\C)c1cc(-c2cccc3c2sc2ccccc23)ccc1Nc1cccc(N(C)c2cccc(C#N)c2)c1.Nc1ccccc1. The number of thiophene rings is 1. The molecule has 1 heterocycles. The Hall–Kier alpha value is -6.09. The molecule has 0 saturated heterocycles. The lowest BCUT2D eigenvalue weighted by Gasteiger charge is -2.21. The van der Waals surface area contributed by atoms with E-state index in [0.29, 0.717) is 5.56 Å². The third-order valence-electron chi connectivity index (χ3n) is 8.39. The molecule has 7 rings (SSSR count). The summed E-state index contributed by atoms with van der Waals surface area (Å²) in [7, 11) is 2.02. The lowest BCUT2D eigenvalue weighted by atomic mass is 9.95. The predicted octanol–water partition coefficient (Wildman–Crippen LogP) is 12.4. The van der Waals surface area contributed by atoms with Crippen LogP contribution in [-0.4, -0.2) is 7.05 Å². The van der Waals surface area contributed by atoms with Gasteiger partial charge in [0.1, 0.15) is 0 Å². The first-order chi connectivity index (χ1) is 23.9. The highest BCUT2D eigenvalue weighted by Gasteiger charge is 2.14. The smallest absolute Gasteiger partial charge is 0.0992 e. The summed E-state index contributed by atoms with van der Waals surface area (Å²) >= 11 is 1.85. The zero-order chi connectivity index (χ0) is 34.2. The molecule has 0 aliphatic carbocycles. The minimum absolute atomic E-state index is 0.643. The normalized spacial score (nSPS) is 10.8. The molecule has 0 radical (unpaired) electrons. The van der Waals surface area contributed by atoms with Crippen molar-refractivity contribution in [3.63, 3.8) is 0 Å². The van der Waals surface area contributed by atoms with Gasteiger partial charge in [-0.15, -0.1) is 11.3 Å². The van der Waals surface area contributed by atoms with Gasteiger partial charge >= 0.3 is 0 Å². The van der Waals surface area contributed by atoms with E-state index < -0.39 is 0 Å². The van der Waals surface area contributed by atoms with Crippen molar-refractivity contribution in [2.75, 3.05) is 23.0 Å². The van der Waals surface area contributed by atoms with Crippen LogP contribution in [0.2, 0.25) is 0 Å². The first-order valence-corrected chi connectivity index (χ1v) is 17.0. The van der Waals surface area contributed by atoms with Crippen molar-refractivity contribution in [3.8, 4) is 17.2 Å². The molecule has 6 aromatic carbocycles. The number of nitrogens with two attached hydrogens (primary N) is 1. The molecule has 0 amide bonds. The lowest BCUT2D eigenvalue weighted by molar-refractivity contribution is 1.21. The van der Waals surface area contributed by atoms with Crippen LogP contribution in [0.15, 0.2) is 158 Å². The molecule has 0 spiro atoms. The fourth-order valence-corrected chi connectivity index (χ4v) is 7.03. The number of fused-ring (bicyclic) bond motifs is 3. The van der Waals surface area contributed by atoms with Gasteiger partial charge in [0, 0.05) is 61.2 Å². The van der Waals surface area contributed by atoms with Crippen LogP contribution in [0, 0.1) is 11.3 Å². The van der Waals surface area contributed by atoms with E-state index in [1.807, 2.05) is 86.0 Å². The molecular formula is C44H38N4S. The Morgan fingerprint density at radius 3 is 2.29 bits per heavy atom. The fraction of sp³-hybridized carbons (Fsp3) is 0.0682. The standard InChI is InChI=1S/C38H31N3S.C6H7N/c1-4-5-11-26(2)35-23-28(32-17-10-18-34-33-16-6-7-19-37(33)42-38(32)34)20-21-36(35)40-29-13-9-15-31(24-29)41(3)30-14-8-12-27(22-30)25-39;7-6-4-2-1-3-5-6/h4-10,12-24,40H,2,11H2,1,3H3;1-5H,7H2/b5-4-;. The van der Waals surface area contributed by atoms with E-state index in [9.17, 15) is 5.26 Å². The van der Waals surface area contributed by atoms with Crippen LogP contribution in [0.25, 0.3) is 36.9 Å². The molecule has 0 aliphatic rings. The minimum atomic E-state index is 0.643. The van der Waals surface area contributed by atoms with Gasteiger partial charge in [-0.2, -0.15) is 5.26 Å². The summed E-state index contributed by atoms with van der Waals surface area (Å²) in [6.07, 6.45) is 5.00. The number of benzene rings is 6. The topological polar surface area (TPSA) is 65.1 Å².